The van der Waals surface area contributed by atoms with Crippen LogP contribution in [0, 0.1) is 0 Å². The molecule has 1 aliphatic rings. The zero-order valence-corrected chi connectivity index (χ0v) is 19.3. The molecule has 4 nitrogen and oxygen atoms in total. The summed E-state index contributed by atoms with van der Waals surface area (Å²) in [5.41, 5.74) is 2.37. The van der Waals surface area contributed by atoms with Crippen LogP contribution in [0.1, 0.15) is 74.9 Å². The molecule has 3 rings (SSSR count). The molecule has 0 bridgehead atoms. The highest BCUT2D eigenvalue weighted by Gasteiger charge is 2.34. The summed E-state index contributed by atoms with van der Waals surface area (Å²) in [7, 11) is 0. The summed E-state index contributed by atoms with van der Waals surface area (Å²) in [6.45, 7) is 7.13. The van der Waals surface area contributed by atoms with Crippen molar-refractivity contribution in [3.8, 4) is 0 Å². The van der Waals surface area contributed by atoms with Crippen LogP contribution in [0.2, 0.25) is 0 Å². The fourth-order valence-electron chi connectivity index (χ4n) is 4.20. The van der Waals surface area contributed by atoms with Crippen LogP contribution in [0.5, 0.6) is 0 Å². The number of carbonyl (C=O) groups excluding carboxylic acids is 2. The fraction of sp³-hybridized carbons (Fsp3) is 0.520. The van der Waals surface area contributed by atoms with E-state index in [1.807, 2.05) is 34.9 Å². The summed E-state index contributed by atoms with van der Waals surface area (Å²) in [6, 6.07) is 12.4. The quantitative estimate of drug-likeness (QED) is 0.502. The molecule has 0 saturated heterocycles. The SMILES string of the molecule is CCCCCC(=O)N(CC(=O)N1CCc2sccc2[C@H]1c1ccccc1)[C@@H](C)CC. The Morgan fingerprint density at radius 2 is 1.93 bits per heavy atom. The number of rotatable bonds is 9. The molecule has 0 fully saturated rings. The minimum absolute atomic E-state index is 0.0462. The summed E-state index contributed by atoms with van der Waals surface area (Å²) < 4.78 is 0. The molecule has 0 N–H and O–H groups in total. The lowest BCUT2D eigenvalue weighted by atomic mass is 9.93. The lowest BCUT2D eigenvalue weighted by molar-refractivity contribution is -0.143. The molecule has 0 radical (unpaired) electrons. The van der Waals surface area contributed by atoms with Gasteiger partial charge in [-0.25, -0.2) is 0 Å². The van der Waals surface area contributed by atoms with Gasteiger partial charge in [0.1, 0.15) is 6.54 Å². The van der Waals surface area contributed by atoms with E-state index in [0.717, 1.165) is 37.7 Å². The average molecular weight is 427 g/mol. The number of hydrogen-bond acceptors (Lipinski definition) is 3. The number of nitrogens with zero attached hydrogens (tertiary/aromatic N) is 2. The number of carbonyl (C=O) groups is 2. The van der Waals surface area contributed by atoms with Crippen molar-refractivity contribution in [2.24, 2.45) is 0 Å². The van der Waals surface area contributed by atoms with Gasteiger partial charge in [0.25, 0.3) is 0 Å². The van der Waals surface area contributed by atoms with Gasteiger partial charge in [-0.3, -0.25) is 9.59 Å². The van der Waals surface area contributed by atoms with Gasteiger partial charge in [0.2, 0.25) is 11.8 Å². The molecule has 0 spiro atoms. The molecule has 1 aromatic heterocycles. The molecule has 0 unspecified atom stereocenters. The van der Waals surface area contributed by atoms with Crippen LogP contribution in [0.25, 0.3) is 0 Å². The standard InChI is InChI=1S/C25H34N2O2S/c1-4-6-8-13-23(28)27(19(3)5-2)18-24(29)26-16-14-22-21(15-17-30-22)25(26)20-11-9-7-10-12-20/h7,9-12,15,17,19,25H,4-6,8,13-14,16,18H2,1-3H3/t19-,25+/m0/s1. The summed E-state index contributed by atoms with van der Waals surface area (Å²) in [5.74, 6) is 0.153. The van der Waals surface area contributed by atoms with E-state index >= 15 is 0 Å². The van der Waals surface area contributed by atoms with Crippen LogP contribution in [0.4, 0.5) is 0 Å². The third-order valence-electron chi connectivity index (χ3n) is 6.14. The zero-order valence-electron chi connectivity index (χ0n) is 18.5. The smallest absolute Gasteiger partial charge is 0.243 e. The highest BCUT2D eigenvalue weighted by atomic mass is 32.1. The Balaban J connectivity index is 1.81. The number of benzene rings is 1. The first kappa shape index (κ1) is 22.5. The van der Waals surface area contributed by atoms with E-state index in [-0.39, 0.29) is 30.4 Å². The first-order valence-electron chi connectivity index (χ1n) is 11.3. The third kappa shape index (κ3) is 5.12. The van der Waals surface area contributed by atoms with Gasteiger partial charge in [0.15, 0.2) is 0 Å². The highest BCUT2D eigenvalue weighted by Crippen LogP contribution is 2.37. The molecule has 2 aromatic rings. The van der Waals surface area contributed by atoms with Crippen molar-refractivity contribution in [3.05, 3.63) is 57.8 Å². The van der Waals surface area contributed by atoms with Crippen molar-refractivity contribution in [3.63, 3.8) is 0 Å². The number of amides is 2. The second-order valence-electron chi connectivity index (χ2n) is 8.19. The van der Waals surface area contributed by atoms with Gasteiger partial charge in [-0.2, -0.15) is 0 Å². The lowest BCUT2D eigenvalue weighted by Gasteiger charge is -2.38. The van der Waals surface area contributed by atoms with Crippen molar-refractivity contribution in [1.29, 1.82) is 0 Å². The second kappa shape index (κ2) is 10.8. The monoisotopic (exact) mass is 426 g/mol. The summed E-state index contributed by atoms with van der Waals surface area (Å²) in [5, 5.41) is 2.12. The molecule has 1 aromatic carbocycles. The maximum Gasteiger partial charge on any atom is 0.243 e. The van der Waals surface area contributed by atoms with Gasteiger partial charge < -0.3 is 9.80 Å². The first-order valence-corrected chi connectivity index (χ1v) is 12.1. The predicted octanol–water partition coefficient (Wildman–Crippen LogP) is 5.43. The molecule has 5 heteroatoms. The summed E-state index contributed by atoms with van der Waals surface area (Å²) in [6.07, 6.45) is 5.30. The van der Waals surface area contributed by atoms with Gasteiger partial charge in [-0.1, -0.05) is 57.0 Å². The van der Waals surface area contributed by atoms with Crippen LogP contribution in [0.3, 0.4) is 0 Å². The summed E-state index contributed by atoms with van der Waals surface area (Å²) >= 11 is 1.77. The number of unbranched alkanes of at least 4 members (excludes halogenated alkanes) is 2. The Morgan fingerprint density at radius 1 is 1.17 bits per heavy atom. The van der Waals surface area contributed by atoms with Crippen LogP contribution in [-0.2, 0) is 16.0 Å². The molecule has 162 valence electrons. The molecule has 0 aliphatic carbocycles. The topological polar surface area (TPSA) is 40.6 Å². The average Bonchev–Trinajstić information content (AvgIpc) is 3.25. The normalized spacial score (nSPS) is 16.8. The Hall–Kier alpha value is -2.14. The Kier molecular flexibility index (Phi) is 8.08. The number of hydrogen-bond donors (Lipinski definition) is 0. The number of thiophene rings is 1. The highest BCUT2D eigenvalue weighted by molar-refractivity contribution is 7.10. The predicted molar refractivity (Wildman–Crippen MR) is 124 cm³/mol. The minimum Gasteiger partial charge on any atom is -0.331 e. The molecule has 2 heterocycles. The maximum atomic E-state index is 13.5. The molecular formula is C25H34N2O2S. The molecule has 1 aliphatic heterocycles. The van der Waals surface area contributed by atoms with E-state index in [4.69, 9.17) is 0 Å². The van der Waals surface area contributed by atoms with Gasteiger partial charge >= 0.3 is 0 Å². The minimum atomic E-state index is -0.0670. The fourth-order valence-corrected chi connectivity index (χ4v) is 5.10. The van der Waals surface area contributed by atoms with Crippen LogP contribution in [-0.4, -0.2) is 40.7 Å². The van der Waals surface area contributed by atoms with Crippen LogP contribution in [0.15, 0.2) is 41.8 Å². The van der Waals surface area contributed by atoms with Crippen molar-refractivity contribution in [2.45, 2.75) is 71.4 Å². The second-order valence-corrected chi connectivity index (χ2v) is 9.19. The van der Waals surface area contributed by atoms with E-state index < -0.39 is 0 Å². The Morgan fingerprint density at radius 3 is 2.63 bits per heavy atom. The molecule has 2 amide bonds. The van der Waals surface area contributed by atoms with E-state index in [1.54, 1.807) is 11.3 Å². The summed E-state index contributed by atoms with van der Waals surface area (Å²) in [4.78, 5) is 31.6. The molecule has 0 saturated carbocycles. The first-order chi connectivity index (χ1) is 14.6. The van der Waals surface area contributed by atoms with Crippen molar-refractivity contribution in [1.82, 2.24) is 9.80 Å². The van der Waals surface area contributed by atoms with E-state index in [2.05, 4.69) is 37.4 Å². The van der Waals surface area contributed by atoms with Gasteiger partial charge in [0.05, 0.1) is 6.04 Å². The van der Waals surface area contributed by atoms with Crippen molar-refractivity contribution < 1.29 is 9.59 Å². The molecule has 30 heavy (non-hydrogen) atoms. The third-order valence-corrected chi connectivity index (χ3v) is 7.14. The van der Waals surface area contributed by atoms with Gasteiger partial charge in [-0.05, 0) is 48.8 Å². The van der Waals surface area contributed by atoms with Gasteiger partial charge in [-0.15, -0.1) is 11.3 Å². The van der Waals surface area contributed by atoms with Crippen molar-refractivity contribution >= 4 is 23.2 Å². The molecular weight excluding hydrogens is 392 g/mol. The van der Waals surface area contributed by atoms with E-state index in [1.165, 1.54) is 10.4 Å². The van der Waals surface area contributed by atoms with Crippen LogP contribution < -0.4 is 0 Å². The van der Waals surface area contributed by atoms with Crippen molar-refractivity contribution in [2.75, 3.05) is 13.1 Å². The Labute approximate surface area is 184 Å². The largest absolute Gasteiger partial charge is 0.331 e. The van der Waals surface area contributed by atoms with E-state index in [0.29, 0.717) is 13.0 Å². The zero-order chi connectivity index (χ0) is 21.5. The molecule has 2 atom stereocenters. The van der Waals surface area contributed by atoms with E-state index in [9.17, 15) is 9.59 Å². The lowest BCUT2D eigenvalue weighted by Crippen LogP contribution is -2.49. The maximum absolute atomic E-state index is 13.5. The number of fused-ring (bicyclic) bond motifs is 1. The van der Waals surface area contributed by atoms with Gasteiger partial charge in [0, 0.05) is 23.9 Å². The van der Waals surface area contributed by atoms with Crippen LogP contribution >= 0.6 is 11.3 Å². The Bertz CT molecular complexity index is 833.